The Bertz CT molecular complexity index is 935. The number of para-hydroxylation sites is 3. The summed E-state index contributed by atoms with van der Waals surface area (Å²) in [5.41, 5.74) is 2.28. The maximum Gasteiger partial charge on any atom is 0.279 e. The van der Waals surface area contributed by atoms with Crippen LogP contribution in [0.3, 0.4) is 0 Å². The number of amides is 1. The first-order valence-corrected chi connectivity index (χ1v) is 8.27. The maximum absolute atomic E-state index is 12.2. The van der Waals surface area contributed by atoms with E-state index in [-0.39, 0.29) is 12.5 Å². The molecule has 2 aromatic carbocycles. The average molecular weight is 363 g/mol. The van der Waals surface area contributed by atoms with Crippen LogP contribution in [0, 0.1) is 4.84 Å². The van der Waals surface area contributed by atoms with Crippen molar-refractivity contribution < 1.29 is 14.1 Å². The summed E-state index contributed by atoms with van der Waals surface area (Å²) in [6.45, 7) is 0.818. The predicted molar refractivity (Wildman–Crippen MR) is 96.9 cm³/mol. The van der Waals surface area contributed by atoms with Gasteiger partial charge in [0.25, 0.3) is 10.7 Å². The largest absolute Gasteiger partial charge is 0.429 e. The quantitative estimate of drug-likeness (QED) is 0.686. The van der Waals surface area contributed by atoms with Gasteiger partial charge in [0.05, 0.1) is 23.3 Å². The SMILES string of the molecule is C[NH+](CC(=O)Nc1ccccc1Cl)Cn1c(=S)oc2ccccc21. The molecule has 0 saturated carbocycles. The van der Waals surface area contributed by atoms with Crippen LogP contribution in [-0.4, -0.2) is 24.1 Å². The molecule has 0 aliphatic carbocycles. The minimum absolute atomic E-state index is 0.111. The van der Waals surface area contributed by atoms with Crippen LogP contribution in [0.2, 0.25) is 5.02 Å². The molecule has 3 rings (SSSR count). The number of quaternary nitrogens is 1. The molecular formula is C17H17ClN3O2S+. The zero-order chi connectivity index (χ0) is 17.1. The fraction of sp³-hybridized carbons (Fsp3) is 0.176. The lowest BCUT2D eigenvalue weighted by molar-refractivity contribution is -0.894. The Morgan fingerprint density at radius 3 is 2.75 bits per heavy atom. The van der Waals surface area contributed by atoms with E-state index in [0.29, 0.717) is 22.2 Å². The highest BCUT2D eigenvalue weighted by atomic mass is 35.5. The Morgan fingerprint density at radius 2 is 1.96 bits per heavy atom. The van der Waals surface area contributed by atoms with Crippen molar-refractivity contribution in [2.75, 3.05) is 18.9 Å². The lowest BCUT2D eigenvalue weighted by atomic mass is 10.3. The van der Waals surface area contributed by atoms with Gasteiger partial charge < -0.3 is 14.6 Å². The highest BCUT2D eigenvalue weighted by Crippen LogP contribution is 2.20. The monoisotopic (exact) mass is 362 g/mol. The summed E-state index contributed by atoms with van der Waals surface area (Å²) in [5, 5.41) is 3.34. The van der Waals surface area contributed by atoms with Gasteiger partial charge in [-0.15, -0.1) is 0 Å². The number of aromatic nitrogens is 1. The summed E-state index contributed by atoms with van der Waals surface area (Å²) >= 11 is 11.3. The van der Waals surface area contributed by atoms with Crippen molar-refractivity contribution >= 4 is 46.5 Å². The number of benzene rings is 2. The molecule has 7 heteroatoms. The number of carbonyl (C=O) groups is 1. The first-order valence-electron chi connectivity index (χ1n) is 7.48. The van der Waals surface area contributed by atoms with Gasteiger partial charge in [-0.2, -0.15) is 0 Å². The van der Waals surface area contributed by atoms with E-state index >= 15 is 0 Å². The fourth-order valence-corrected chi connectivity index (χ4v) is 2.96. The van der Waals surface area contributed by atoms with Crippen molar-refractivity contribution in [1.29, 1.82) is 0 Å². The Hall–Kier alpha value is -2.15. The summed E-state index contributed by atoms with van der Waals surface area (Å²) < 4.78 is 7.45. The predicted octanol–water partition coefficient (Wildman–Crippen LogP) is 2.73. The highest BCUT2D eigenvalue weighted by molar-refractivity contribution is 7.71. The van der Waals surface area contributed by atoms with Gasteiger partial charge in [0.15, 0.2) is 18.8 Å². The van der Waals surface area contributed by atoms with Crippen LogP contribution in [-0.2, 0) is 11.5 Å². The fourth-order valence-electron chi connectivity index (χ4n) is 2.52. The van der Waals surface area contributed by atoms with Crippen LogP contribution in [0.4, 0.5) is 5.69 Å². The number of anilines is 1. The van der Waals surface area contributed by atoms with E-state index in [1.54, 1.807) is 12.1 Å². The molecule has 0 saturated heterocycles. The Balaban J connectivity index is 1.68. The van der Waals surface area contributed by atoms with Gasteiger partial charge >= 0.3 is 0 Å². The number of hydrogen-bond acceptors (Lipinski definition) is 3. The molecule has 0 aliphatic heterocycles. The van der Waals surface area contributed by atoms with Crippen LogP contribution in [0.5, 0.6) is 0 Å². The Labute approximate surface area is 149 Å². The standard InChI is InChI=1S/C17H16ClN3O2S/c1-20(10-16(22)19-13-7-3-2-6-12(13)18)11-21-14-8-4-5-9-15(14)23-17(21)24/h2-9H,10-11H2,1H3,(H,19,22)/p+1. The van der Waals surface area contributed by atoms with Crippen molar-refractivity contribution in [3.8, 4) is 0 Å². The third-order valence-electron chi connectivity index (χ3n) is 3.61. The maximum atomic E-state index is 12.2. The van der Waals surface area contributed by atoms with Crippen LogP contribution in [0.15, 0.2) is 52.9 Å². The molecule has 5 nitrogen and oxygen atoms in total. The first kappa shape index (κ1) is 16.7. The van der Waals surface area contributed by atoms with Gasteiger partial charge in [0.1, 0.15) is 0 Å². The molecule has 3 aromatic rings. The first-order chi connectivity index (χ1) is 11.5. The number of oxazole rings is 1. The minimum atomic E-state index is -0.111. The average Bonchev–Trinajstić information content (AvgIpc) is 2.85. The van der Waals surface area contributed by atoms with Crippen molar-refractivity contribution in [1.82, 2.24) is 4.57 Å². The van der Waals surface area contributed by atoms with Crippen molar-refractivity contribution in [2.24, 2.45) is 0 Å². The summed E-state index contributed by atoms with van der Waals surface area (Å²) in [4.78, 5) is 13.6. The number of hydrogen-bond donors (Lipinski definition) is 2. The number of carbonyl (C=O) groups excluding carboxylic acids is 1. The van der Waals surface area contributed by atoms with Crippen molar-refractivity contribution in [2.45, 2.75) is 6.67 Å². The summed E-state index contributed by atoms with van der Waals surface area (Å²) in [6, 6.07) is 14.8. The third kappa shape index (κ3) is 3.67. The molecule has 0 fully saturated rings. The second kappa shape index (κ2) is 7.17. The number of nitrogens with zero attached hydrogens (tertiary/aromatic N) is 1. The number of rotatable bonds is 5. The smallest absolute Gasteiger partial charge is 0.279 e. The molecule has 1 aromatic heterocycles. The van der Waals surface area contributed by atoms with Gasteiger partial charge in [-0.05, 0) is 36.5 Å². The van der Waals surface area contributed by atoms with E-state index in [0.717, 1.165) is 16.0 Å². The van der Waals surface area contributed by atoms with Crippen molar-refractivity contribution in [3.05, 3.63) is 58.4 Å². The van der Waals surface area contributed by atoms with Crippen LogP contribution in [0.1, 0.15) is 0 Å². The van der Waals surface area contributed by atoms with E-state index in [9.17, 15) is 4.79 Å². The third-order valence-corrected chi connectivity index (χ3v) is 4.25. The lowest BCUT2D eigenvalue weighted by Gasteiger charge is -2.15. The molecule has 1 unspecified atom stereocenters. The zero-order valence-electron chi connectivity index (χ0n) is 13.1. The van der Waals surface area contributed by atoms with E-state index < -0.39 is 0 Å². The summed E-state index contributed by atoms with van der Waals surface area (Å²) in [6.07, 6.45) is 0. The molecule has 2 N–H and O–H groups in total. The van der Waals surface area contributed by atoms with Crippen LogP contribution >= 0.6 is 23.8 Å². The Morgan fingerprint density at radius 1 is 1.25 bits per heavy atom. The molecular weight excluding hydrogens is 346 g/mol. The van der Waals surface area contributed by atoms with Gasteiger partial charge in [-0.1, -0.05) is 35.9 Å². The summed E-state index contributed by atoms with van der Waals surface area (Å²) in [7, 11) is 1.93. The van der Waals surface area contributed by atoms with Crippen molar-refractivity contribution in [3.63, 3.8) is 0 Å². The Kier molecular flexibility index (Phi) is 4.99. The second-order valence-corrected chi connectivity index (χ2v) is 6.34. The van der Waals surface area contributed by atoms with E-state index in [4.69, 9.17) is 28.2 Å². The molecule has 0 radical (unpaired) electrons. The zero-order valence-corrected chi connectivity index (χ0v) is 14.7. The molecule has 1 amide bonds. The number of nitrogens with one attached hydrogen (secondary N) is 2. The second-order valence-electron chi connectivity index (χ2n) is 5.58. The number of halogens is 1. The van der Waals surface area contributed by atoms with Gasteiger partial charge in [0.2, 0.25) is 0 Å². The van der Waals surface area contributed by atoms with Crippen LogP contribution < -0.4 is 10.2 Å². The van der Waals surface area contributed by atoms with E-state index in [1.165, 1.54) is 0 Å². The van der Waals surface area contributed by atoms with Gasteiger partial charge in [-0.3, -0.25) is 9.36 Å². The van der Waals surface area contributed by atoms with E-state index in [2.05, 4.69) is 5.32 Å². The highest BCUT2D eigenvalue weighted by Gasteiger charge is 2.14. The molecule has 124 valence electrons. The lowest BCUT2D eigenvalue weighted by Crippen LogP contribution is -3.09. The minimum Gasteiger partial charge on any atom is -0.429 e. The normalized spacial score (nSPS) is 12.2. The van der Waals surface area contributed by atoms with Gasteiger partial charge in [-0.25, -0.2) is 0 Å². The molecule has 1 heterocycles. The number of fused-ring (bicyclic) bond motifs is 1. The molecule has 0 spiro atoms. The topological polar surface area (TPSA) is 51.6 Å². The molecule has 24 heavy (non-hydrogen) atoms. The molecule has 1 atom stereocenters. The van der Waals surface area contributed by atoms with Crippen LogP contribution in [0.25, 0.3) is 11.1 Å². The molecule has 0 bridgehead atoms. The summed E-state index contributed by atoms with van der Waals surface area (Å²) in [5.74, 6) is -0.111. The number of likely N-dealkylation sites (N-methyl/N-ethyl adjacent to an activating group) is 1. The van der Waals surface area contributed by atoms with E-state index in [1.807, 2.05) is 48.0 Å². The van der Waals surface area contributed by atoms with Gasteiger partial charge in [0, 0.05) is 0 Å². The molecule has 0 aliphatic rings.